The van der Waals surface area contributed by atoms with Crippen molar-refractivity contribution in [2.24, 2.45) is 0 Å². The zero-order chi connectivity index (χ0) is 17.8. The van der Waals surface area contributed by atoms with Crippen molar-refractivity contribution in [3.05, 3.63) is 65.5 Å². The first-order valence-corrected chi connectivity index (χ1v) is 7.48. The molecule has 0 atom stereocenters. The maximum absolute atomic E-state index is 12.2. The Morgan fingerprint density at radius 1 is 0.920 bits per heavy atom. The van der Waals surface area contributed by atoms with Crippen LogP contribution in [0.1, 0.15) is 26.3 Å². The molecule has 0 bridgehead atoms. The summed E-state index contributed by atoms with van der Waals surface area (Å²) in [6, 6.07) is 9.78. The lowest BCUT2D eigenvalue weighted by molar-refractivity contribution is -0.128. The van der Waals surface area contributed by atoms with Crippen molar-refractivity contribution < 1.29 is 19.2 Å². The second-order valence-corrected chi connectivity index (χ2v) is 5.38. The Kier molecular flexibility index (Phi) is 4.51. The van der Waals surface area contributed by atoms with E-state index in [9.17, 15) is 19.2 Å². The minimum atomic E-state index is -0.672. The second kappa shape index (κ2) is 6.91. The van der Waals surface area contributed by atoms with Crippen LogP contribution in [0.3, 0.4) is 0 Å². The summed E-state index contributed by atoms with van der Waals surface area (Å²) in [5.74, 6) is -2.17. The van der Waals surface area contributed by atoms with Crippen molar-refractivity contribution in [1.29, 1.82) is 0 Å². The number of hydrogen-bond acceptors (Lipinski definition) is 5. The minimum Gasteiger partial charge on any atom is -0.273 e. The van der Waals surface area contributed by atoms with Crippen LogP contribution < -0.4 is 10.9 Å². The Balaban J connectivity index is 1.53. The molecule has 1 aliphatic heterocycles. The molecule has 0 saturated carbocycles. The van der Waals surface area contributed by atoms with Crippen LogP contribution in [0.25, 0.3) is 0 Å². The van der Waals surface area contributed by atoms with Gasteiger partial charge in [0.25, 0.3) is 17.7 Å². The third kappa shape index (κ3) is 3.52. The van der Waals surface area contributed by atoms with Crippen LogP contribution >= 0.6 is 0 Å². The van der Waals surface area contributed by atoms with Gasteiger partial charge in [-0.15, -0.1) is 0 Å². The van der Waals surface area contributed by atoms with E-state index in [-0.39, 0.29) is 17.5 Å². The van der Waals surface area contributed by atoms with Crippen LogP contribution in [0.15, 0.2) is 48.8 Å². The molecule has 0 saturated heterocycles. The van der Waals surface area contributed by atoms with Crippen molar-refractivity contribution >= 4 is 23.6 Å². The van der Waals surface area contributed by atoms with Gasteiger partial charge in [0.1, 0.15) is 6.54 Å². The average molecular weight is 338 g/mol. The van der Waals surface area contributed by atoms with Gasteiger partial charge in [-0.05, 0) is 23.8 Å². The summed E-state index contributed by atoms with van der Waals surface area (Å²) in [4.78, 5) is 52.7. The fourth-order valence-electron chi connectivity index (χ4n) is 2.44. The van der Waals surface area contributed by atoms with E-state index in [1.165, 1.54) is 12.1 Å². The van der Waals surface area contributed by atoms with E-state index in [1.807, 2.05) is 0 Å². The summed E-state index contributed by atoms with van der Waals surface area (Å²) in [6.45, 7) is -0.473. The quantitative estimate of drug-likeness (QED) is 0.606. The molecule has 4 amide bonds. The number of rotatable bonds is 4. The number of carbonyl (C=O) groups is 4. The van der Waals surface area contributed by atoms with Crippen LogP contribution in [-0.4, -0.2) is 40.1 Å². The van der Waals surface area contributed by atoms with Gasteiger partial charge in [0.15, 0.2) is 0 Å². The molecule has 0 unspecified atom stereocenters. The van der Waals surface area contributed by atoms with E-state index in [0.29, 0.717) is 5.56 Å². The lowest BCUT2D eigenvalue weighted by Crippen LogP contribution is -2.48. The topological polar surface area (TPSA) is 108 Å². The molecular weight excluding hydrogens is 324 g/mol. The van der Waals surface area contributed by atoms with Gasteiger partial charge >= 0.3 is 0 Å². The van der Waals surface area contributed by atoms with E-state index in [0.717, 1.165) is 4.90 Å². The molecule has 0 aliphatic carbocycles. The molecule has 25 heavy (non-hydrogen) atoms. The van der Waals surface area contributed by atoms with Gasteiger partial charge in [-0.2, -0.15) is 0 Å². The SMILES string of the molecule is O=C(Cc1cccnc1)NNC(=O)CN1C(=O)c2ccccc2C1=O. The van der Waals surface area contributed by atoms with Crippen LogP contribution in [-0.2, 0) is 16.0 Å². The zero-order valence-corrected chi connectivity index (χ0v) is 13.1. The Morgan fingerprint density at radius 2 is 1.56 bits per heavy atom. The Bertz CT molecular complexity index is 816. The highest BCUT2D eigenvalue weighted by molar-refractivity contribution is 6.22. The maximum Gasteiger partial charge on any atom is 0.262 e. The van der Waals surface area contributed by atoms with Crippen molar-refractivity contribution in [3.63, 3.8) is 0 Å². The second-order valence-electron chi connectivity index (χ2n) is 5.38. The van der Waals surface area contributed by atoms with Crippen molar-refractivity contribution in [3.8, 4) is 0 Å². The van der Waals surface area contributed by atoms with Crippen molar-refractivity contribution in [2.45, 2.75) is 6.42 Å². The van der Waals surface area contributed by atoms with Gasteiger partial charge in [0, 0.05) is 12.4 Å². The Labute approximate surface area is 142 Å². The molecule has 0 spiro atoms. The normalized spacial score (nSPS) is 12.7. The van der Waals surface area contributed by atoms with E-state index in [1.54, 1.807) is 36.7 Å². The van der Waals surface area contributed by atoms with Crippen LogP contribution in [0.2, 0.25) is 0 Å². The molecular formula is C17H14N4O4. The highest BCUT2D eigenvalue weighted by Gasteiger charge is 2.36. The van der Waals surface area contributed by atoms with Crippen molar-refractivity contribution in [2.75, 3.05) is 6.54 Å². The number of hydrazine groups is 1. The molecule has 0 radical (unpaired) electrons. The fourth-order valence-corrected chi connectivity index (χ4v) is 2.44. The molecule has 1 aromatic carbocycles. The zero-order valence-electron chi connectivity index (χ0n) is 13.1. The molecule has 126 valence electrons. The number of nitrogens with zero attached hydrogens (tertiary/aromatic N) is 2. The minimum absolute atomic E-state index is 0.0428. The number of aromatic nitrogens is 1. The number of benzene rings is 1. The van der Waals surface area contributed by atoms with E-state index in [4.69, 9.17) is 0 Å². The molecule has 3 rings (SSSR count). The number of carbonyl (C=O) groups excluding carboxylic acids is 4. The highest BCUT2D eigenvalue weighted by atomic mass is 16.2. The summed E-state index contributed by atoms with van der Waals surface area (Å²) in [6.07, 6.45) is 3.17. The Hall–Kier alpha value is -3.55. The fraction of sp³-hybridized carbons (Fsp3) is 0.118. The van der Waals surface area contributed by atoms with Crippen molar-refractivity contribution in [1.82, 2.24) is 20.7 Å². The number of hydrogen-bond donors (Lipinski definition) is 2. The van der Waals surface area contributed by atoms with Gasteiger partial charge in [-0.1, -0.05) is 18.2 Å². The molecule has 2 heterocycles. The molecule has 2 N–H and O–H groups in total. The largest absolute Gasteiger partial charge is 0.273 e. The van der Waals surface area contributed by atoms with Crippen LogP contribution in [0, 0.1) is 0 Å². The number of imide groups is 1. The molecule has 8 nitrogen and oxygen atoms in total. The number of nitrogens with one attached hydrogen (secondary N) is 2. The molecule has 0 fully saturated rings. The van der Waals surface area contributed by atoms with Gasteiger partial charge in [0.05, 0.1) is 17.5 Å². The lowest BCUT2D eigenvalue weighted by atomic mass is 10.1. The van der Waals surface area contributed by atoms with E-state index in [2.05, 4.69) is 15.8 Å². The number of fused-ring (bicyclic) bond motifs is 1. The molecule has 2 aromatic rings. The van der Waals surface area contributed by atoms with Gasteiger partial charge < -0.3 is 0 Å². The third-order valence-electron chi connectivity index (χ3n) is 3.61. The average Bonchev–Trinajstić information content (AvgIpc) is 2.86. The van der Waals surface area contributed by atoms with E-state index >= 15 is 0 Å². The number of pyridine rings is 1. The molecule has 1 aromatic heterocycles. The monoisotopic (exact) mass is 338 g/mol. The Morgan fingerprint density at radius 3 is 2.16 bits per heavy atom. The summed E-state index contributed by atoms with van der Waals surface area (Å²) in [7, 11) is 0. The van der Waals surface area contributed by atoms with E-state index < -0.39 is 30.2 Å². The van der Waals surface area contributed by atoms with Crippen LogP contribution in [0.5, 0.6) is 0 Å². The molecule has 1 aliphatic rings. The standard InChI is InChI=1S/C17H14N4O4/c22-14(8-11-4-3-7-18-9-11)19-20-15(23)10-21-16(24)12-5-1-2-6-13(12)17(21)25/h1-7,9H,8,10H2,(H,19,22)(H,20,23). The first kappa shape index (κ1) is 16.3. The maximum atomic E-state index is 12.2. The van der Waals surface area contributed by atoms with Crippen LogP contribution in [0.4, 0.5) is 0 Å². The third-order valence-corrected chi connectivity index (χ3v) is 3.61. The summed E-state index contributed by atoms with van der Waals surface area (Å²) >= 11 is 0. The summed E-state index contributed by atoms with van der Waals surface area (Å²) < 4.78 is 0. The number of amides is 4. The smallest absolute Gasteiger partial charge is 0.262 e. The highest BCUT2D eigenvalue weighted by Crippen LogP contribution is 2.21. The predicted molar refractivity (Wildman–Crippen MR) is 86.0 cm³/mol. The molecule has 8 heteroatoms. The summed E-state index contributed by atoms with van der Waals surface area (Å²) in [5.41, 5.74) is 5.65. The predicted octanol–water partition coefficient (Wildman–Crippen LogP) is 0.0677. The first-order valence-electron chi connectivity index (χ1n) is 7.48. The first-order chi connectivity index (χ1) is 12.1. The van der Waals surface area contributed by atoms with Gasteiger partial charge in [-0.3, -0.25) is 39.9 Å². The summed E-state index contributed by atoms with van der Waals surface area (Å²) in [5, 5.41) is 0. The lowest BCUT2D eigenvalue weighted by Gasteiger charge is -2.14. The van der Waals surface area contributed by atoms with Gasteiger partial charge in [-0.25, -0.2) is 0 Å². The van der Waals surface area contributed by atoms with Gasteiger partial charge in [0.2, 0.25) is 5.91 Å².